The highest BCUT2D eigenvalue weighted by molar-refractivity contribution is 6.05. The lowest BCUT2D eigenvalue weighted by Crippen LogP contribution is -2.52. The van der Waals surface area contributed by atoms with Crippen molar-refractivity contribution in [2.75, 3.05) is 13.1 Å². The summed E-state index contributed by atoms with van der Waals surface area (Å²) >= 11 is 0. The minimum absolute atomic E-state index is 0.0585. The molecule has 2 aromatic heterocycles. The van der Waals surface area contributed by atoms with Gasteiger partial charge in [0.2, 0.25) is 17.7 Å². The summed E-state index contributed by atoms with van der Waals surface area (Å²) in [6, 6.07) is 7.23. The monoisotopic (exact) mass is 570 g/mol. The number of piperidine rings is 1. The highest BCUT2D eigenvalue weighted by Gasteiger charge is 2.39. The van der Waals surface area contributed by atoms with Crippen molar-refractivity contribution in [3.8, 4) is 17.3 Å². The molecule has 6 rings (SSSR count). The van der Waals surface area contributed by atoms with E-state index in [0.717, 1.165) is 30.2 Å². The zero-order valence-electron chi connectivity index (χ0n) is 21.6. The third-order valence-corrected chi connectivity index (χ3v) is 7.27. The number of rotatable bonds is 7. The number of hydrogen-bond donors (Lipinski definition) is 1. The van der Waals surface area contributed by atoms with Crippen LogP contribution in [-0.4, -0.2) is 73.9 Å². The number of pyridine rings is 1. The number of carbonyl (C=O) groups is 3. The molecule has 3 aliphatic rings. The van der Waals surface area contributed by atoms with Crippen LogP contribution in [0.5, 0.6) is 11.6 Å². The number of alkyl halides is 3. The third kappa shape index (κ3) is 5.87. The van der Waals surface area contributed by atoms with Crippen molar-refractivity contribution < 1.29 is 37.0 Å². The van der Waals surface area contributed by atoms with Crippen LogP contribution in [0.3, 0.4) is 0 Å². The fraction of sp³-hybridized carbons (Fsp3) is 0.370. The first kappa shape index (κ1) is 26.7. The highest BCUT2D eigenvalue weighted by atomic mass is 19.4. The van der Waals surface area contributed by atoms with Crippen LogP contribution in [-0.2, 0) is 22.7 Å². The maximum absolute atomic E-state index is 12.9. The molecule has 0 spiro atoms. The molecule has 3 aromatic rings. The normalized spacial score (nSPS) is 21.2. The van der Waals surface area contributed by atoms with Crippen molar-refractivity contribution in [1.29, 1.82) is 0 Å². The van der Waals surface area contributed by atoms with Crippen molar-refractivity contribution >= 4 is 17.7 Å². The average molecular weight is 571 g/mol. The molecule has 3 aliphatic heterocycles. The van der Waals surface area contributed by atoms with E-state index in [2.05, 4.69) is 25.0 Å². The molecule has 3 amide bonds. The second-order valence-corrected chi connectivity index (χ2v) is 10.2. The molecule has 2 atom stereocenters. The fourth-order valence-electron chi connectivity index (χ4n) is 5.38. The number of fused-ring (bicyclic) bond motifs is 1. The van der Waals surface area contributed by atoms with Crippen molar-refractivity contribution in [3.05, 3.63) is 65.6 Å². The van der Waals surface area contributed by atoms with E-state index in [1.54, 1.807) is 24.5 Å². The molecular weight excluding hydrogens is 545 g/mol. The molecular formula is C27H25F3N6O5. The van der Waals surface area contributed by atoms with Gasteiger partial charge in [-0.2, -0.15) is 5.10 Å². The molecule has 2 fully saturated rings. The van der Waals surface area contributed by atoms with Crippen LogP contribution in [0.4, 0.5) is 13.2 Å². The van der Waals surface area contributed by atoms with Crippen LogP contribution >= 0.6 is 0 Å². The third-order valence-electron chi connectivity index (χ3n) is 7.27. The van der Waals surface area contributed by atoms with Crippen molar-refractivity contribution in [2.45, 2.75) is 50.9 Å². The van der Waals surface area contributed by atoms with Crippen molar-refractivity contribution in [2.24, 2.45) is 0 Å². The standard InChI is InChI=1S/C27H25F3N6O5/c28-27(29,30)41-24-6-1-18(11-31-24)36-13-16(10-32-36)12-34-8-7-20(15-34)40-19-2-3-21-17(9-19)14-35(26(21)39)22-4-5-23(37)33-25(22)38/h1-3,6,9-11,13,20,22H,4-5,7-8,12,14-15H2,(H,33,37,38)/t20-,22?/m0/s1. The van der Waals surface area contributed by atoms with Gasteiger partial charge >= 0.3 is 6.36 Å². The Kier molecular flexibility index (Phi) is 6.85. The van der Waals surface area contributed by atoms with Crippen LogP contribution in [0, 0.1) is 0 Å². The number of nitrogens with one attached hydrogen (secondary N) is 1. The van der Waals surface area contributed by atoms with Gasteiger partial charge in [0.1, 0.15) is 17.9 Å². The second kappa shape index (κ2) is 10.5. The zero-order chi connectivity index (χ0) is 28.7. The van der Waals surface area contributed by atoms with E-state index in [9.17, 15) is 27.6 Å². The topological polar surface area (TPSA) is 119 Å². The minimum atomic E-state index is -4.80. The first-order chi connectivity index (χ1) is 19.6. The molecule has 1 unspecified atom stereocenters. The first-order valence-electron chi connectivity index (χ1n) is 13.0. The van der Waals surface area contributed by atoms with Gasteiger partial charge < -0.3 is 14.4 Å². The number of ether oxygens (including phenoxy) is 2. The van der Waals surface area contributed by atoms with Gasteiger partial charge in [-0.05, 0) is 42.7 Å². The summed E-state index contributed by atoms with van der Waals surface area (Å²) in [5.74, 6) is -0.892. The second-order valence-electron chi connectivity index (χ2n) is 10.2. The predicted molar refractivity (Wildman–Crippen MR) is 135 cm³/mol. The highest BCUT2D eigenvalue weighted by Crippen LogP contribution is 2.31. The smallest absolute Gasteiger partial charge is 0.489 e. The van der Waals surface area contributed by atoms with E-state index < -0.39 is 24.2 Å². The molecule has 214 valence electrons. The zero-order valence-corrected chi connectivity index (χ0v) is 21.6. The van der Waals surface area contributed by atoms with Gasteiger partial charge in [-0.25, -0.2) is 9.67 Å². The van der Waals surface area contributed by atoms with E-state index in [0.29, 0.717) is 36.5 Å². The van der Waals surface area contributed by atoms with Gasteiger partial charge in [-0.3, -0.25) is 24.6 Å². The Bertz CT molecular complexity index is 1490. The van der Waals surface area contributed by atoms with E-state index in [1.807, 2.05) is 6.07 Å². The lowest BCUT2D eigenvalue weighted by molar-refractivity contribution is -0.276. The van der Waals surface area contributed by atoms with Crippen molar-refractivity contribution in [1.82, 2.24) is 29.9 Å². The van der Waals surface area contributed by atoms with Gasteiger partial charge in [0.15, 0.2) is 0 Å². The molecule has 0 saturated carbocycles. The molecule has 0 radical (unpaired) electrons. The van der Waals surface area contributed by atoms with Gasteiger partial charge in [0.25, 0.3) is 5.91 Å². The fourth-order valence-corrected chi connectivity index (χ4v) is 5.38. The molecule has 1 N–H and O–H groups in total. The SMILES string of the molecule is O=C1CCC(N2Cc3cc(O[C@H]4CCN(Cc5cnn(-c6ccc(OC(F)(F)F)nc6)c5)C4)ccc3C2=O)C(=O)N1. The van der Waals surface area contributed by atoms with Crippen molar-refractivity contribution in [3.63, 3.8) is 0 Å². The Balaban J connectivity index is 1.03. The number of hydrogen-bond acceptors (Lipinski definition) is 8. The van der Waals surface area contributed by atoms with Gasteiger partial charge in [-0.1, -0.05) is 0 Å². The number of benzene rings is 1. The Morgan fingerprint density at radius 3 is 2.68 bits per heavy atom. The molecule has 2 saturated heterocycles. The number of nitrogens with zero attached hydrogens (tertiary/aromatic N) is 5. The Morgan fingerprint density at radius 1 is 1.07 bits per heavy atom. The predicted octanol–water partition coefficient (Wildman–Crippen LogP) is 2.58. The van der Waals surface area contributed by atoms with Crippen LogP contribution < -0.4 is 14.8 Å². The molecule has 5 heterocycles. The summed E-state index contributed by atoms with van der Waals surface area (Å²) in [7, 11) is 0. The van der Waals surface area contributed by atoms with E-state index in [4.69, 9.17) is 4.74 Å². The summed E-state index contributed by atoms with van der Waals surface area (Å²) < 4.78 is 48.6. The molecule has 11 nitrogen and oxygen atoms in total. The Hall–Kier alpha value is -4.46. The maximum atomic E-state index is 12.9. The average Bonchev–Trinajstić information content (AvgIpc) is 3.64. The molecule has 0 bridgehead atoms. The number of amides is 3. The lowest BCUT2D eigenvalue weighted by atomic mass is 10.0. The van der Waals surface area contributed by atoms with E-state index in [1.165, 1.54) is 21.8 Å². The van der Waals surface area contributed by atoms with E-state index in [-0.39, 0.29) is 30.9 Å². The number of imide groups is 1. The number of carbonyl (C=O) groups excluding carboxylic acids is 3. The molecule has 14 heteroatoms. The van der Waals surface area contributed by atoms with Crippen LogP contribution in [0.15, 0.2) is 48.9 Å². The minimum Gasteiger partial charge on any atom is -0.489 e. The molecule has 0 aliphatic carbocycles. The summed E-state index contributed by atoms with van der Waals surface area (Å²) in [6.45, 7) is 2.37. The maximum Gasteiger partial charge on any atom is 0.574 e. The molecule has 1 aromatic carbocycles. The summed E-state index contributed by atoms with van der Waals surface area (Å²) in [4.78, 5) is 44.1. The van der Waals surface area contributed by atoms with Crippen LogP contribution in [0.2, 0.25) is 0 Å². The van der Waals surface area contributed by atoms with Gasteiger partial charge in [0.05, 0.1) is 18.1 Å². The number of halogens is 3. The number of likely N-dealkylation sites (tertiary alicyclic amines) is 1. The quantitative estimate of drug-likeness (QED) is 0.431. The first-order valence-corrected chi connectivity index (χ1v) is 13.0. The molecule has 41 heavy (non-hydrogen) atoms. The van der Waals surface area contributed by atoms with Gasteiger partial charge in [-0.15, -0.1) is 13.2 Å². The summed E-state index contributed by atoms with van der Waals surface area (Å²) in [5, 5.41) is 6.59. The largest absolute Gasteiger partial charge is 0.574 e. The summed E-state index contributed by atoms with van der Waals surface area (Å²) in [6.07, 6.45) is 1.20. The Morgan fingerprint density at radius 2 is 1.93 bits per heavy atom. The van der Waals surface area contributed by atoms with Crippen LogP contribution in [0.1, 0.15) is 40.7 Å². The summed E-state index contributed by atoms with van der Waals surface area (Å²) in [5.41, 5.74) is 2.74. The van der Waals surface area contributed by atoms with Gasteiger partial charge in [0, 0.05) is 56.0 Å². The lowest BCUT2D eigenvalue weighted by Gasteiger charge is -2.29. The Labute approximate surface area is 231 Å². The number of aromatic nitrogens is 3. The van der Waals surface area contributed by atoms with Crippen LogP contribution in [0.25, 0.3) is 5.69 Å². The van der Waals surface area contributed by atoms with E-state index >= 15 is 0 Å².